The summed E-state index contributed by atoms with van der Waals surface area (Å²) in [5, 5.41) is 13.3. The third-order valence-electron chi connectivity index (χ3n) is 4.70. The van der Waals surface area contributed by atoms with Gasteiger partial charge in [0.1, 0.15) is 5.75 Å². The summed E-state index contributed by atoms with van der Waals surface area (Å²) in [6.07, 6.45) is 5.72. The molecule has 1 fully saturated rings. The smallest absolute Gasteiger partial charge is 0.241 e. The molecule has 26 heavy (non-hydrogen) atoms. The molecule has 1 amide bonds. The fraction of sp³-hybridized carbons (Fsp3) is 0.474. The van der Waals surface area contributed by atoms with Crippen LogP contribution in [0, 0.1) is 5.92 Å². The van der Waals surface area contributed by atoms with Gasteiger partial charge in [0.05, 0.1) is 22.3 Å². The van der Waals surface area contributed by atoms with Crippen molar-refractivity contribution in [2.75, 3.05) is 25.0 Å². The van der Waals surface area contributed by atoms with Crippen LogP contribution in [0.4, 0.5) is 5.69 Å². The number of piperidine rings is 1. The van der Waals surface area contributed by atoms with Crippen molar-refractivity contribution in [2.24, 2.45) is 5.92 Å². The zero-order valence-electron chi connectivity index (χ0n) is 14.6. The molecular formula is C19H24Cl2N2O3. The van der Waals surface area contributed by atoms with Gasteiger partial charge in [0.2, 0.25) is 5.91 Å². The van der Waals surface area contributed by atoms with E-state index >= 15 is 0 Å². The lowest BCUT2D eigenvalue weighted by Crippen LogP contribution is -2.41. The van der Waals surface area contributed by atoms with Crippen LogP contribution < -0.4 is 5.32 Å². The lowest BCUT2D eigenvalue weighted by atomic mass is 9.91. The van der Waals surface area contributed by atoms with Gasteiger partial charge in [-0.1, -0.05) is 29.8 Å². The van der Waals surface area contributed by atoms with Crippen molar-refractivity contribution in [2.45, 2.75) is 32.1 Å². The number of ketones is 1. The van der Waals surface area contributed by atoms with E-state index < -0.39 is 0 Å². The van der Waals surface area contributed by atoms with E-state index in [0.29, 0.717) is 36.1 Å². The number of carbonyl (C=O) groups excluding carboxylic acids is 2. The molecule has 0 bridgehead atoms. The SMILES string of the molecule is C=CC(=O)CCCC1CCN(C(=O)CNc2cc(Cl)c(Cl)cc2O)CC1. The number of likely N-dealkylation sites (tertiary alicyclic amines) is 1. The number of nitrogens with zero attached hydrogens (tertiary/aromatic N) is 1. The number of phenols is 1. The van der Waals surface area contributed by atoms with Crippen LogP contribution in [0.15, 0.2) is 24.8 Å². The third kappa shape index (κ3) is 5.92. The minimum Gasteiger partial charge on any atom is -0.506 e. The maximum absolute atomic E-state index is 12.4. The van der Waals surface area contributed by atoms with Gasteiger partial charge >= 0.3 is 0 Å². The topological polar surface area (TPSA) is 69.6 Å². The van der Waals surface area contributed by atoms with Crippen LogP contribution in [0.25, 0.3) is 0 Å². The zero-order chi connectivity index (χ0) is 19.1. The van der Waals surface area contributed by atoms with Crippen LogP contribution in [0.2, 0.25) is 10.0 Å². The zero-order valence-corrected chi connectivity index (χ0v) is 16.2. The number of aromatic hydroxyl groups is 1. The first-order valence-corrected chi connectivity index (χ1v) is 9.51. The normalized spacial score (nSPS) is 14.9. The lowest BCUT2D eigenvalue weighted by Gasteiger charge is -2.32. The average molecular weight is 399 g/mol. The summed E-state index contributed by atoms with van der Waals surface area (Å²) in [7, 11) is 0. The summed E-state index contributed by atoms with van der Waals surface area (Å²) in [6, 6.07) is 2.85. The average Bonchev–Trinajstić information content (AvgIpc) is 2.63. The Kier molecular flexibility index (Phi) is 7.79. The number of nitrogens with one attached hydrogen (secondary N) is 1. The number of hydrogen-bond acceptors (Lipinski definition) is 4. The second kappa shape index (κ2) is 9.83. The Morgan fingerprint density at radius 1 is 1.27 bits per heavy atom. The van der Waals surface area contributed by atoms with Gasteiger partial charge in [-0.15, -0.1) is 0 Å². The van der Waals surface area contributed by atoms with Crippen molar-refractivity contribution >= 4 is 40.6 Å². The van der Waals surface area contributed by atoms with Gasteiger partial charge in [-0.25, -0.2) is 0 Å². The van der Waals surface area contributed by atoms with Crippen LogP contribution >= 0.6 is 23.2 Å². The maximum atomic E-state index is 12.4. The van der Waals surface area contributed by atoms with E-state index in [9.17, 15) is 14.7 Å². The van der Waals surface area contributed by atoms with Crippen LogP contribution in [-0.4, -0.2) is 41.3 Å². The van der Waals surface area contributed by atoms with Gasteiger partial charge in [0.25, 0.3) is 0 Å². The van der Waals surface area contributed by atoms with E-state index in [1.165, 1.54) is 18.2 Å². The van der Waals surface area contributed by atoms with Crippen molar-refractivity contribution in [1.82, 2.24) is 4.90 Å². The number of amides is 1. The van der Waals surface area contributed by atoms with Crippen molar-refractivity contribution in [3.05, 3.63) is 34.8 Å². The third-order valence-corrected chi connectivity index (χ3v) is 5.42. The molecule has 0 radical (unpaired) electrons. The molecule has 0 atom stereocenters. The summed E-state index contributed by atoms with van der Waals surface area (Å²) in [6.45, 7) is 5.00. The number of rotatable bonds is 8. The first kappa shape index (κ1) is 20.6. The Balaban J connectivity index is 1.74. The molecule has 1 saturated heterocycles. The maximum Gasteiger partial charge on any atom is 0.241 e. The summed E-state index contributed by atoms with van der Waals surface area (Å²) >= 11 is 11.8. The predicted octanol–water partition coefficient (Wildman–Crippen LogP) is 4.27. The molecule has 0 spiro atoms. The van der Waals surface area contributed by atoms with E-state index in [1.54, 1.807) is 0 Å². The van der Waals surface area contributed by atoms with Crippen molar-refractivity contribution in [3.8, 4) is 5.75 Å². The Labute approximate surface area is 164 Å². The largest absolute Gasteiger partial charge is 0.506 e. The van der Waals surface area contributed by atoms with Gasteiger partial charge in [0.15, 0.2) is 5.78 Å². The van der Waals surface area contributed by atoms with Crippen molar-refractivity contribution in [1.29, 1.82) is 0 Å². The standard InChI is InChI=1S/C19H24Cl2N2O3/c1-2-14(24)5-3-4-13-6-8-23(9-7-13)19(26)12-22-17-10-15(20)16(21)11-18(17)25/h2,10-11,13,22,25H,1,3-9,12H2. The van der Waals surface area contributed by atoms with Gasteiger partial charge in [-0.3, -0.25) is 9.59 Å². The number of anilines is 1. The first-order valence-electron chi connectivity index (χ1n) is 8.75. The molecule has 2 N–H and O–H groups in total. The van der Waals surface area contributed by atoms with Crippen LogP contribution in [0.3, 0.4) is 0 Å². The van der Waals surface area contributed by atoms with Gasteiger partial charge in [0, 0.05) is 25.6 Å². The van der Waals surface area contributed by atoms with Gasteiger partial charge < -0.3 is 15.3 Å². The molecule has 0 saturated carbocycles. The molecular weight excluding hydrogens is 375 g/mol. The quantitative estimate of drug-likeness (QED) is 0.506. The molecule has 0 unspecified atom stereocenters. The Bertz CT molecular complexity index is 671. The monoisotopic (exact) mass is 398 g/mol. The minimum atomic E-state index is -0.0417. The number of phenolic OH excluding ortho intramolecular Hbond substituents is 1. The highest BCUT2D eigenvalue weighted by Gasteiger charge is 2.22. The first-order chi connectivity index (χ1) is 12.4. The molecule has 1 heterocycles. The molecule has 1 aliphatic heterocycles. The lowest BCUT2D eigenvalue weighted by molar-refractivity contribution is -0.130. The highest BCUT2D eigenvalue weighted by molar-refractivity contribution is 6.42. The highest BCUT2D eigenvalue weighted by Crippen LogP contribution is 2.33. The van der Waals surface area contributed by atoms with E-state index in [0.717, 1.165) is 25.7 Å². The van der Waals surface area contributed by atoms with E-state index in [1.807, 2.05) is 4.90 Å². The highest BCUT2D eigenvalue weighted by atomic mass is 35.5. The van der Waals surface area contributed by atoms with Crippen molar-refractivity contribution in [3.63, 3.8) is 0 Å². The van der Waals surface area contributed by atoms with E-state index in [2.05, 4.69) is 11.9 Å². The number of halogens is 2. The minimum absolute atomic E-state index is 0.0178. The second-order valence-electron chi connectivity index (χ2n) is 6.52. The van der Waals surface area contributed by atoms with Crippen LogP contribution in [0.1, 0.15) is 32.1 Å². The summed E-state index contributed by atoms with van der Waals surface area (Å²) in [4.78, 5) is 25.4. The molecule has 142 valence electrons. The molecule has 0 aliphatic carbocycles. The fourth-order valence-corrected chi connectivity index (χ4v) is 3.42. The summed E-state index contributed by atoms with van der Waals surface area (Å²) in [5.74, 6) is 0.591. The number of allylic oxidation sites excluding steroid dienone is 1. The summed E-state index contributed by atoms with van der Waals surface area (Å²) < 4.78 is 0. The number of benzene rings is 1. The van der Waals surface area contributed by atoms with Crippen LogP contribution in [0.5, 0.6) is 5.75 Å². The van der Waals surface area contributed by atoms with Crippen LogP contribution in [-0.2, 0) is 9.59 Å². The molecule has 1 aromatic carbocycles. The predicted molar refractivity (Wildman–Crippen MR) is 105 cm³/mol. The van der Waals surface area contributed by atoms with Gasteiger partial charge in [-0.2, -0.15) is 0 Å². The van der Waals surface area contributed by atoms with E-state index in [-0.39, 0.29) is 29.0 Å². The molecule has 2 rings (SSSR count). The molecule has 0 aromatic heterocycles. The summed E-state index contributed by atoms with van der Waals surface area (Å²) in [5.41, 5.74) is 0.384. The molecule has 1 aliphatic rings. The molecule has 7 heteroatoms. The van der Waals surface area contributed by atoms with Gasteiger partial charge in [-0.05, 0) is 43.7 Å². The molecule has 1 aromatic rings. The fourth-order valence-electron chi connectivity index (χ4n) is 3.10. The Morgan fingerprint density at radius 3 is 2.58 bits per heavy atom. The Hall–Kier alpha value is -1.72. The Morgan fingerprint density at radius 2 is 1.92 bits per heavy atom. The second-order valence-corrected chi connectivity index (χ2v) is 7.34. The number of hydrogen-bond donors (Lipinski definition) is 2. The van der Waals surface area contributed by atoms with Crippen molar-refractivity contribution < 1.29 is 14.7 Å². The molecule has 5 nitrogen and oxygen atoms in total. The number of carbonyl (C=O) groups is 2. The van der Waals surface area contributed by atoms with E-state index in [4.69, 9.17) is 23.2 Å².